The molecule has 0 aliphatic heterocycles. The zero-order valence-corrected chi connectivity index (χ0v) is 8.41. The number of halogens is 1. The van der Waals surface area contributed by atoms with Gasteiger partial charge in [0.05, 0.1) is 10.5 Å². The van der Waals surface area contributed by atoms with E-state index in [-0.39, 0.29) is 0 Å². The van der Waals surface area contributed by atoms with Crippen LogP contribution in [0.15, 0.2) is 18.2 Å². The minimum absolute atomic E-state index is 0.513. The Morgan fingerprint density at radius 1 is 1.47 bits per heavy atom. The smallest absolute Gasteiger partial charge is 0.310 e. The Hall–Kier alpha value is -2.06. The van der Waals surface area contributed by atoms with Gasteiger partial charge in [-0.1, -0.05) is 6.07 Å². The molecule has 2 atom stereocenters. The van der Waals surface area contributed by atoms with E-state index in [9.17, 15) is 29.5 Å². The highest BCUT2D eigenvalue weighted by Crippen LogP contribution is 2.29. The number of nitrogens with zero attached hydrogens (tertiary/aromatic N) is 1. The summed E-state index contributed by atoms with van der Waals surface area (Å²) in [5.74, 6) is -2.45. The van der Waals surface area contributed by atoms with E-state index in [0.717, 1.165) is 18.2 Å². The molecule has 0 radical (unpaired) electrons. The molecule has 0 aromatic heterocycles. The van der Waals surface area contributed by atoms with Crippen LogP contribution in [0.25, 0.3) is 0 Å². The molecule has 8 heteroatoms. The second kappa shape index (κ2) is 4.85. The van der Waals surface area contributed by atoms with E-state index < -0.39 is 40.1 Å². The Bertz CT molecular complexity index is 465. The molecule has 0 heterocycles. The summed E-state index contributed by atoms with van der Waals surface area (Å²) in [7, 11) is 0. The van der Waals surface area contributed by atoms with Crippen LogP contribution in [0.2, 0.25) is 0 Å². The molecule has 0 aliphatic rings. The molecule has 4 N–H and O–H groups in total. The van der Waals surface area contributed by atoms with Crippen molar-refractivity contribution in [3.8, 4) is 0 Å². The Kier molecular flexibility index (Phi) is 3.71. The van der Waals surface area contributed by atoms with Crippen molar-refractivity contribution in [1.29, 1.82) is 0 Å². The Labute approximate surface area is 94.4 Å². The minimum Gasteiger partial charge on any atom is -0.385 e. The van der Waals surface area contributed by atoms with Crippen molar-refractivity contribution in [1.82, 2.24) is 0 Å². The van der Waals surface area contributed by atoms with Crippen LogP contribution in [0, 0.1) is 15.9 Å². The molecule has 2 unspecified atom stereocenters. The molecule has 1 aromatic carbocycles. The maximum atomic E-state index is 13.2. The number of para-hydroxylation sites is 1. The number of hydrogen-bond donors (Lipinski definition) is 3. The number of aliphatic hydroxyl groups is 2. The van der Waals surface area contributed by atoms with E-state index in [2.05, 4.69) is 0 Å². The number of primary amides is 1. The first-order valence-electron chi connectivity index (χ1n) is 4.44. The van der Waals surface area contributed by atoms with E-state index in [1.54, 1.807) is 0 Å². The maximum Gasteiger partial charge on any atom is 0.310 e. The fourth-order valence-electron chi connectivity index (χ4n) is 1.29. The van der Waals surface area contributed by atoms with Gasteiger partial charge in [-0.05, 0) is 12.1 Å². The van der Waals surface area contributed by atoms with Crippen LogP contribution >= 0.6 is 0 Å². The van der Waals surface area contributed by atoms with Gasteiger partial charge in [0, 0.05) is 0 Å². The fraction of sp³-hybridized carbons (Fsp3) is 0.222. The predicted molar refractivity (Wildman–Crippen MR) is 53.2 cm³/mol. The van der Waals surface area contributed by atoms with Crippen LogP contribution in [-0.4, -0.2) is 27.1 Å². The summed E-state index contributed by atoms with van der Waals surface area (Å²) >= 11 is 0. The highest BCUT2D eigenvalue weighted by molar-refractivity contribution is 5.79. The minimum atomic E-state index is -2.05. The summed E-state index contributed by atoms with van der Waals surface area (Å²) in [6.45, 7) is 0. The second-order valence-corrected chi connectivity index (χ2v) is 3.23. The summed E-state index contributed by atoms with van der Waals surface area (Å²) < 4.78 is 13.2. The lowest BCUT2D eigenvalue weighted by Gasteiger charge is -2.15. The number of carbonyl (C=O) groups excluding carboxylic acids is 1. The summed E-state index contributed by atoms with van der Waals surface area (Å²) in [6, 6.07) is 2.96. The fourth-order valence-corrected chi connectivity index (χ4v) is 1.29. The lowest BCUT2D eigenvalue weighted by atomic mass is 10.0. The standard InChI is InChI=1S/C9H9FN2O5/c10-5-3-1-2-4(6(5)12(16)17)7(13)8(14)9(11)15/h1-3,7-8,13-14H,(H2,11,15). The number of aliphatic hydroxyl groups excluding tert-OH is 2. The summed E-state index contributed by atoms with van der Waals surface area (Å²) in [6.07, 6.45) is -4.00. The number of amides is 1. The van der Waals surface area contributed by atoms with Gasteiger partial charge >= 0.3 is 5.69 Å². The van der Waals surface area contributed by atoms with E-state index in [4.69, 9.17) is 5.73 Å². The van der Waals surface area contributed by atoms with Crippen molar-refractivity contribution in [2.45, 2.75) is 12.2 Å². The largest absolute Gasteiger partial charge is 0.385 e. The third-order valence-corrected chi connectivity index (χ3v) is 2.11. The molecule has 17 heavy (non-hydrogen) atoms. The molecular weight excluding hydrogens is 235 g/mol. The summed E-state index contributed by atoms with van der Waals surface area (Å²) in [4.78, 5) is 20.2. The van der Waals surface area contributed by atoms with Gasteiger partial charge in [0.1, 0.15) is 6.10 Å². The van der Waals surface area contributed by atoms with Gasteiger partial charge < -0.3 is 15.9 Å². The number of rotatable bonds is 4. The molecular formula is C9H9FN2O5. The van der Waals surface area contributed by atoms with Crippen molar-refractivity contribution in [3.05, 3.63) is 39.7 Å². The van der Waals surface area contributed by atoms with Crippen molar-refractivity contribution in [2.24, 2.45) is 5.73 Å². The number of nitro benzene ring substituents is 1. The predicted octanol–water partition coefficient (Wildman–Crippen LogP) is -0.387. The SMILES string of the molecule is NC(=O)C(O)C(O)c1cccc(F)c1[N+](=O)[O-]. The van der Waals surface area contributed by atoms with Crippen LogP contribution in [-0.2, 0) is 4.79 Å². The topological polar surface area (TPSA) is 127 Å². The molecule has 0 aliphatic carbocycles. The van der Waals surface area contributed by atoms with Gasteiger partial charge in [-0.3, -0.25) is 14.9 Å². The van der Waals surface area contributed by atoms with Crippen molar-refractivity contribution in [2.75, 3.05) is 0 Å². The highest BCUT2D eigenvalue weighted by Gasteiger charge is 2.31. The molecule has 0 spiro atoms. The van der Waals surface area contributed by atoms with Gasteiger partial charge in [-0.15, -0.1) is 0 Å². The summed E-state index contributed by atoms with van der Waals surface area (Å²) in [5, 5.41) is 29.3. The molecule has 7 nitrogen and oxygen atoms in total. The van der Waals surface area contributed by atoms with Gasteiger partial charge in [0.2, 0.25) is 11.7 Å². The maximum absolute atomic E-state index is 13.2. The zero-order valence-electron chi connectivity index (χ0n) is 8.41. The number of nitrogens with two attached hydrogens (primary N) is 1. The molecule has 0 fully saturated rings. The van der Waals surface area contributed by atoms with Crippen LogP contribution < -0.4 is 5.73 Å². The first-order valence-corrected chi connectivity index (χ1v) is 4.44. The monoisotopic (exact) mass is 244 g/mol. The lowest BCUT2D eigenvalue weighted by molar-refractivity contribution is -0.389. The second-order valence-electron chi connectivity index (χ2n) is 3.23. The van der Waals surface area contributed by atoms with Crippen molar-refractivity contribution < 1.29 is 24.3 Å². The lowest BCUT2D eigenvalue weighted by Crippen LogP contribution is -2.34. The number of nitro groups is 1. The van der Waals surface area contributed by atoms with Crippen LogP contribution in [0.5, 0.6) is 0 Å². The van der Waals surface area contributed by atoms with Crippen molar-refractivity contribution >= 4 is 11.6 Å². The third kappa shape index (κ3) is 2.55. The van der Waals surface area contributed by atoms with E-state index in [0.29, 0.717) is 0 Å². The van der Waals surface area contributed by atoms with Gasteiger partial charge in [-0.25, -0.2) is 0 Å². The first kappa shape index (κ1) is 13.0. The molecule has 0 saturated heterocycles. The quantitative estimate of drug-likeness (QED) is 0.491. The molecule has 92 valence electrons. The van der Waals surface area contributed by atoms with Crippen LogP contribution in [0.3, 0.4) is 0 Å². The van der Waals surface area contributed by atoms with E-state index in [1.165, 1.54) is 0 Å². The van der Waals surface area contributed by atoms with Crippen LogP contribution in [0.4, 0.5) is 10.1 Å². The van der Waals surface area contributed by atoms with Crippen LogP contribution in [0.1, 0.15) is 11.7 Å². The van der Waals surface area contributed by atoms with E-state index >= 15 is 0 Å². The average molecular weight is 244 g/mol. The highest BCUT2D eigenvalue weighted by atomic mass is 19.1. The third-order valence-electron chi connectivity index (χ3n) is 2.11. The Balaban J connectivity index is 3.26. The first-order chi connectivity index (χ1) is 7.86. The van der Waals surface area contributed by atoms with Crippen molar-refractivity contribution in [3.63, 3.8) is 0 Å². The van der Waals surface area contributed by atoms with E-state index in [1.807, 2.05) is 0 Å². The molecule has 1 aromatic rings. The Morgan fingerprint density at radius 2 is 2.06 bits per heavy atom. The molecule has 0 bridgehead atoms. The summed E-state index contributed by atoms with van der Waals surface area (Å²) in [5.41, 5.74) is 3.21. The number of hydrogen-bond acceptors (Lipinski definition) is 5. The van der Waals surface area contributed by atoms with Gasteiger partial charge in [0.15, 0.2) is 6.10 Å². The average Bonchev–Trinajstić information content (AvgIpc) is 2.25. The number of carbonyl (C=O) groups is 1. The Morgan fingerprint density at radius 3 is 2.53 bits per heavy atom. The number of benzene rings is 1. The zero-order chi connectivity index (χ0) is 13.2. The normalized spacial score (nSPS) is 14.1. The van der Waals surface area contributed by atoms with Gasteiger partial charge in [0.25, 0.3) is 0 Å². The molecule has 1 rings (SSSR count). The molecule has 0 saturated carbocycles. The molecule has 1 amide bonds. The van der Waals surface area contributed by atoms with Gasteiger partial charge in [-0.2, -0.15) is 4.39 Å².